The van der Waals surface area contributed by atoms with Crippen LogP contribution < -0.4 is 10.9 Å². The normalized spacial score (nSPS) is 10.1. The van der Waals surface area contributed by atoms with Gasteiger partial charge in [0, 0.05) is 12.4 Å². The van der Waals surface area contributed by atoms with E-state index in [0.717, 1.165) is 11.8 Å². The summed E-state index contributed by atoms with van der Waals surface area (Å²) in [6.45, 7) is 1.83. The van der Waals surface area contributed by atoms with Gasteiger partial charge in [-0.05, 0) is 18.6 Å². The standard InChI is InChI=1S/C11H9ClN4O2/c1-6-2-7(10(12)15-3-6)16-11(18)8-4-14-9(17)5-13-8/h2-5H,1H3,(H,14,17)(H,16,18). The lowest BCUT2D eigenvalue weighted by molar-refractivity contribution is 0.102. The van der Waals surface area contributed by atoms with E-state index in [1.54, 1.807) is 12.3 Å². The molecule has 2 heterocycles. The van der Waals surface area contributed by atoms with Crippen LogP contribution in [-0.4, -0.2) is 20.9 Å². The summed E-state index contributed by atoms with van der Waals surface area (Å²) < 4.78 is 0. The molecular formula is C11H9ClN4O2. The molecule has 2 N–H and O–H groups in total. The fourth-order valence-electron chi connectivity index (χ4n) is 1.29. The van der Waals surface area contributed by atoms with Gasteiger partial charge in [-0.15, -0.1) is 0 Å². The minimum absolute atomic E-state index is 0.0900. The first kappa shape index (κ1) is 12.3. The predicted molar refractivity (Wildman–Crippen MR) is 66.8 cm³/mol. The maximum atomic E-state index is 11.8. The first-order chi connectivity index (χ1) is 8.56. The topological polar surface area (TPSA) is 87.7 Å². The second kappa shape index (κ2) is 4.97. The number of nitrogens with zero attached hydrogens (tertiary/aromatic N) is 2. The highest BCUT2D eigenvalue weighted by Crippen LogP contribution is 2.20. The summed E-state index contributed by atoms with van der Waals surface area (Å²) >= 11 is 5.85. The van der Waals surface area contributed by atoms with Gasteiger partial charge in [0.1, 0.15) is 5.69 Å². The van der Waals surface area contributed by atoms with Crippen LogP contribution in [-0.2, 0) is 0 Å². The molecule has 0 aliphatic carbocycles. The molecular weight excluding hydrogens is 256 g/mol. The summed E-state index contributed by atoms with van der Waals surface area (Å²) in [6, 6.07) is 1.69. The number of pyridine rings is 1. The molecule has 0 aliphatic heterocycles. The third-order valence-corrected chi connectivity index (χ3v) is 2.43. The third kappa shape index (κ3) is 2.72. The Morgan fingerprint density at radius 1 is 1.39 bits per heavy atom. The number of aryl methyl sites for hydroxylation is 1. The van der Waals surface area contributed by atoms with Gasteiger partial charge in [0.15, 0.2) is 5.15 Å². The number of carbonyl (C=O) groups excluding carboxylic acids is 1. The quantitative estimate of drug-likeness (QED) is 0.802. The monoisotopic (exact) mass is 264 g/mol. The molecule has 0 bridgehead atoms. The van der Waals surface area contributed by atoms with E-state index in [1.165, 1.54) is 6.20 Å². The molecule has 0 atom stereocenters. The summed E-state index contributed by atoms with van der Waals surface area (Å²) in [5.74, 6) is -0.472. The maximum absolute atomic E-state index is 11.8. The molecule has 18 heavy (non-hydrogen) atoms. The minimum atomic E-state index is -0.472. The largest absolute Gasteiger partial charge is 0.325 e. The zero-order chi connectivity index (χ0) is 13.1. The van der Waals surface area contributed by atoms with Gasteiger partial charge in [0.05, 0.1) is 11.9 Å². The van der Waals surface area contributed by atoms with Gasteiger partial charge < -0.3 is 10.3 Å². The smallest absolute Gasteiger partial charge is 0.275 e. The van der Waals surface area contributed by atoms with Gasteiger partial charge in [-0.25, -0.2) is 9.97 Å². The number of aromatic amines is 1. The Morgan fingerprint density at radius 2 is 2.17 bits per heavy atom. The fraction of sp³-hybridized carbons (Fsp3) is 0.0909. The number of rotatable bonds is 2. The van der Waals surface area contributed by atoms with Crippen LogP contribution in [0.25, 0.3) is 0 Å². The van der Waals surface area contributed by atoms with E-state index in [1.807, 2.05) is 6.92 Å². The van der Waals surface area contributed by atoms with Gasteiger partial charge in [-0.1, -0.05) is 11.6 Å². The van der Waals surface area contributed by atoms with Gasteiger partial charge in [0.2, 0.25) is 0 Å². The SMILES string of the molecule is Cc1cnc(Cl)c(NC(=O)c2c[nH]c(=O)cn2)c1. The van der Waals surface area contributed by atoms with Crippen molar-refractivity contribution in [3.63, 3.8) is 0 Å². The number of nitrogens with one attached hydrogen (secondary N) is 2. The van der Waals surface area contributed by atoms with Crippen LogP contribution in [0.5, 0.6) is 0 Å². The third-order valence-electron chi connectivity index (χ3n) is 2.13. The van der Waals surface area contributed by atoms with Crippen LogP contribution in [0.15, 0.2) is 29.5 Å². The zero-order valence-electron chi connectivity index (χ0n) is 9.40. The van der Waals surface area contributed by atoms with Crippen molar-refractivity contribution >= 4 is 23.2 Å². The highest BCUT2D eigenvalue weighted by atomic mass is 35.5. The van der Waals surface area contributed by atoms with E-state index >= 15 is 0 Å². The summed E-state index contributed by atoms with van der Waals surface area (Å²) in [4.78, 5) is 32.6. The zero-order valence-corrected chi connectivity index (χ0v) is 10.2. The molecule has 0 aliphatic rings. The lowest BCUT2D eigenvalue weighted by Crippen LogP contribution is -2.17. The molecule has 92 valence electrons. The average Bonchev–Trinajstić information content (AvgIpc) is 2.34. The molecule has 0 saturated heterocycles. The molecule has 0 fully saturated rings. The van der Waals surface area contributed by atoms with Crippen molar-refractivity contribution in [2.24, 2.45) is 0 Å². The van der Waals surface area contributed by atoms with Crippen molar-refractivity contribution in [2.75, 3.05) is 5.32 Å². The number of halogens is 1. The number of H-pyrrole nitrogens is 1. The average molecular weight is 265 g/mol. The van der Waals surface area contributed by atoms with Crippen LogP contribution in [0.2, 0.25) is 5.15 Å². The van der Waals surface area contributed by atoms with Gasteiger partial charge >= 0.3 is 0 Å². The Hall–Kier alpha value is -2.21. The van der Waals surface area contributed by atoms with Gasteiger partial charge in [0.25, 0.3) is 11.5 Å². The van der Waals surface area contributed by atoms with E-state index in [-0.39, 0.29) is 16.4 Å². The maximum Gasteiger partial charge on any atom is 0.275 e. The molecule has 2 aromatic heterocycles. The van der Waals surface area contributed by atoms with E-state index in [0.29, 0.717) is 5.69 Å². The number of hydrogen-bond donors (Lipinski definition) is 2. The molecule has 0 spiro atoms. The van der Waals surface area contributed by atoms with Crippen LogP contribution in [0.4, 0.5) is 5.69 Å². The Balaban J connectivity index is 2.23. The van der Waals surface area contributed by atoms with E-state index in [4.69, 9.17) is 11.6 Å². The summed E-state index contributed by atoms with van der Waals surface area (Å²) in [7, 11) is 0. The highest BCUT2D eigenvalue weighted by molar-refractivity contribution is 6.32. The Bertz CT molecular complexity index is 633. The van der Waals surface area contributed by atoms with Crippen LogP contribution >= 0.6 is 11.6 Å². The number of amides is 1. The van der Waals surface area contributed by atoms with Gasteiger partial charge in [-0.3, -0.25) is 9.59 Å². The van der Waals surface area contributed by atoms with E-state index in [9.17, 15) is 9.59 Å². The van der Waals surface area contributed by atoms with E-state index in [2.05, 4.69) is 20.3 Å². The Kier molecular flexibility index (Phi) is 3.38. The molecule has 0 aromatic carbocycles. The van der Waals surface area contributed by atoms with Crippen LogP contribution in [0.1, 0.15) is 16.1 Å². The summed E-state index contributed by atoms with van der Waals surface area (Å²) in [5.41, 5.74) is 0.979. The number of aromatic nitrogens is 3. The molecule has 7 heteroatoms. The van der Waals surface area contributed by atoms with Crippen LogP contribution in [0, 0.1) is 6.92 Å². The van der Waals surface area contributed by atoms with Crippen molar-refractivity contribution in [1.82, 2.24) is 15.0 Å². The number of carbonyl (C=O) groups is 1. The van der Waals surface area contributed by atoms with Crippen LogP contribution in [0.3, 0.4) is 0 Å². The lowest BCUT2D eigenvalue weighted by atomic mass is 10.3. The summed E-state index contributed by atoms with van der Waals surface area (Å²) in [6.07, 6.45) is 3.86. The molecule has 0 saturated carbocycles. The lowest BCUT2D eigenvalue weighted by Gasteiger charge is -2.06. The first-order valence-electron chi connectivity index (χ1n) is 5.04. The highest BCUT2D eigenvalue weighted by Gasteiger charge is 2.10. The van der Waals surface area contributed by atoms with Crippen molar-refractivity contribution in [3.05, 3.63) is 51.4 Å². The number of anilines is 1. The van der Waals surface area contributed by atoms with Gasteiger partial charge in [-0.2, -0.15) is 0 Å². The first-order valence-corrected chi connectivity index (χ1v) is 5.42. The predicted octanol–water partition coefficient (Wildman–Crippen LogP) is 1.38. The fourth-order valence-corrected chi connectivity index (χ4v) is 1.44. The molecule has 2 aromatic rings. The Morgan fingerprint density at radius 3 is 2.83 bits per heavy atom. The Labute approximate surface area is 107 Å². The summed E-state index contributed by atoms with van der Waals surface area (Å²) in [5, 5.41) is 2.76. The minimum Gasteiger partial charge on any atom is -0.325 e. The molecule has 0 radical (unpaired) electrons. The number of hydrogen-bond acceptors (Lipinski definition) is 4. The second-order valence-corrected chi connectivity index (χ2v) is 3.96. The van der Waals surface area contributed by atoms with Crippen molar-refractivity contribution in [1.29, 1.82) is 0 Å². The molecule has 6 nitrogen and oxygen atoms in total. The molecule has 2 rings (SSSR count). The second-order valence-electron chi connectivity index (χ2n) is 3.60. The van der Waals surface area contributed by atoms with Crippen molar-refractivity contribution in [2.45, 2.75) is 6.92 Å². The van der Waals surface area contributed by atoms with Crippen molar-refractivity contribution < 1.29 is 4.79 Å². The molecule has 0 unspecified atom stereocenters. The van der Waals surface area contributed by atoms with Crippen molar-refractivity contribution in [3.8, 4) is 0 Å². The van der Waals surface area contributed by atoms with E-state index < -0.39 is 5.91 Å². The molecule has 1 amide bonds.